The van der Waals surface area contributed by atoms with Gasteiger partial charge in [0.05, 0.1) is 30.1 Å². The molecule has 0 unspecified atom stereocenters. The predicted octanol–water partition coefficient (Wildman–Crippen LogP) is 2.01. The number of nitrogens with zero attached hydrogens (tertiary/aromatic N) is 2. The minimum absolute atomic E-state index is 0.103. The monoisotopic (exact) mass is 381 g/mol. The number of nitrogens with one attached hydrogen (secondary N) is 1. The summed E-state index contributed by atoms with van der Waals surface area (Å²) in [6.07, 6.45) is 1.78. The lowest BCUT2D eigenvalue weighted by molar-refractivity contribution is -0.142. The predicted molar refractivity (Wildman–Crippen MR) is 102 cm³/mol. The van der Waals surface area contributed by atoms with E-state index in [1.54, 1.807) is 48.4 Å². The lowest BCUT2D eigenvalue weighted by Crippen LogP contribution is -2.39. The third kappa shape index (κ3) is 4.54. The van der Waals surface area contributed by atoms with Gasteiger partial charge in [-0.1, -0.05) is 36.4 Å². The Morgan fingerprint density at radius 3 is 2.57 bits per heavy atom. The van der Waals surface area contributed by atoms with Crippen LogP contribution in [-0.4, -0.2) is 39.3 Å². The molecule has 7 nitrogen and oxygen atoms in total. The Morgan fingerprint density at radius 1 is 1.21 bits per heavy atom. The fourth-order valence-electron chi connectivity index (χ4n) is 3.36. The van der Waals surface area contributed by atoms with Crippen molar-refractivity contribution >= 4 is 17.8 Å². The average Bonchev–Trinajstić information content (AvgIpc) is 3.07. The van der Waals surface area contributed by atoms with Gasteiger partial charge in [0.1, 0.15) is 0 Å². The first-order valence-corrected chi connectivity index (χ1v) is 9.21. The number of aliphatic carboxylic acids is 1. The molecule has 1 fully saturated rings. The molecular formula is C21H23N3O4. The van der Waals surface area contributed by atoms with Crippen molar-refractivity contribution in [1.82, 2.24) is 15.2 Å². The minimum atomic E-state index is -0.992. The number of rotatable bonds is 7. The molecule has 3 atom stereocenters. The number of carboxylic acid groups (broad SMARTS) is 1. The van der Waals surface area contributed by atoms with Crippen LogP contribution in [0.2, 0.25) is 0 Å². The first-order chi connectivity index (χ1) is 13.5. The third-order valence-electron chi connectivity index (χ3n) is 5.01. The summed E-state index contributed by atoms with van der Waals surface area (Å²) in [5, 5.41) is 12.3. The average molecular weight is 381 g/mol. The van der Waals surface area contributed by atoms with E-state index in [2.05, 4.69) is 10.3 Å². The molecule has 1 saturated heterocycles. The molecule has 1 aliphatic heterocycles. The zero-order valence-corrected chi connectivity index (χ0v) is 15.6. The van der Waals surface area contributed by atoms with Gasteiger partial charge in [0.25, 0.3) is 0 Å². The van der Waals surface area contributed by atoms with Gasteiger partial charge in [0.15, 0.2) is 0 Å². The second-order valence-corrected chi connectivity index (χ2v) is 7.02. The lowest BCUT2D eigenvalue weighted by Gasteiger charge is -2.24. The van der Waals surface area contributed by atoms with Crippen LogP contribution in [0.4, 0.5) is 0 Å². The van der Waals surface area contributed by atoms with Crippen LogP contribution in [0.3, 0.4) is 0 Å². The van der Waals surface area contributed by atoms with Gasteiger partial charge >= 0.3 is 5.97 Å². The summed E-state index contributed by atoms with van der Waals surface area (Å²) in [5.74, 6) is -2.71. The van der Waals surface area contributed by atoms with E-state index in [1.165, 1.54) is 0 Å². The molecule has 1 aliphatic rings. The molecule has 1 aromatic heterocycles. The molecule has 0 radical (unpaired) electrons. The maximum absolute atomic E-state index is 12.8. The summed E-state index contributed by atoms with van der Waals surface area (Å²) in [5.41, 5.74) is 1.49. The highest BCUT2D eigenvalue weighted by molar-refractivity contribution is 5.89. The highest BCUT2D eigenvalue weighted by Crippen LogP contribution is 2.25. The standard InChI is InChI=1S/C21H23N3O4/c1-14(21(27)28)19(15-7-3-2-4-8-15)23-20(26)16-11-18(25)24(12-16)13-17-9-5-6-10-22-17/h2-10,14,16,19H,11-13H2,1H3,(H,23,26)(H,27,28)/t14-,16-,19+/m0/s1. The van der Waals surface area contributed by atoms with Gasteiger partial charge in [-0.2, -0.15) is 0 Å². The zero-order chi connectivity index (χ0) is 20.1. The van der Waals surface area contributed by atoms with E-state index in [0.29, 0.717) is 13.1 Å². The molecule has 2 heterocycles. The van der Waals surface area contributed by atoms with Crippen LogP contribution >= 0.6 is 0 Å². The molecule has 2 aromatic rings. The minimum Gasteiger partial charge on any atom is -0.481 e. The maximum atomic E-state index is 12.8. The summed E-state index contributed by atoms with van der Waals surface area (Å²) in [6.45, 7) is 2.22. The van der Waals surface area contributed by atoms with Crippen LogP contribution in [0.15, 0.2) is 54.7 Å². The summed E-state index contributed by atoms with van der Waals surface area (Å²) < 4.78 is 0. The van der Waals surface area contributed by atoms with Crippen molar-refractivity contribution in [2.75, 3.05) is 6.54 Å². The number of hydrogen-bond acceptors (Lipinski definition) is 4. The topological polar surface area (TPSA) is 99.6 Å². The van der Waals surface area contributed by atoms with E-state index in [-0.39, 0.29) is 18.2 Å². The van der Waals surface area contributed by atoms with E-state index in [4.69, 9.17) is 0 Å². The molecule has 28 heavy (non-hydrogen) atoms. The number of likely N-dealkylation sites (tertiary alicyclic amines) is 1. The second-order valence-electron chi connectivity index (χ2n) is 7.02. The van der Waals surface area contributed by atoms with Crippen molar-refractivity contribution in [3.05, 3.63) is 66.0 Å². The second kappa shape index (κ2) is 8.65. The quantitative estimate of drug-likeness (QED) is 0.764. The molecule has 1 aromatic carbocycles. The molecule has 2 amide bonds. The number of hydrogen-bond donors (Lipinski definition) is 2. The largest absolute Gasteiger partial charge is 0.481 e. The summed E-state index contributed by atoms with van der Waals surface area (Å²) in [7, 11) is 0. The molecule has 3 rings (SSSR count). The van der Waals surface area contributed by atoms with Gasteiger partial charge in [0, 0.05) is 19.2 Å². The first-order valence-electron chi connectivity index (χ1n) is 9.21. The molecular weight excluding hydrogens is 358 g/mol. The Labute approximate surface area is 163 Å². The van der Waals surface area contributed by atoms with Crippen LogP contribution in [0.5, 0.6) is 0 Å². The lowest BCUT2D eigenvalue weighted by atomic mass is 9.93. The van der Waals surface area contributed by atoms with Crippen LogP contribution in [0.25, 0.3) is 0 Å². The van der Waals surface area contributed by atoms with Gasteiger partial charge in [-0.25, -0.2) is 0 Å². The van der Waals surface area contributed by atoms with Crippen molar-refractivity contribution in [3.8, 4) is 0 Å². The molecule has 0 bridgehead atoms. The van der Waals surface area contributed by atoms with Gasteiger partial charge < -0.3 is 15.3 Å². The smallest absolute Gasteiger partial charge is 0.308 e. The van der Waals surface area contributed by atoms with E-state index in [1.807, 2.05) is 18.2 Å². The molecule has 2 N–H and O–H groups in total. The Morgan fingerprint density at radius 2 is 1.93 bits per heavy atom. The summed E-state index contributed by atoms with van der Waals surface area (Å²) in [6, 6.07) is 13.8. The maximum Gasteiger partial charge on any atom is 0.308 e. The Balaban J connectivity index is 1.68. The fraction of sp³-hybridized carbons (Fsp3) is 0.333. The highest BCUT2D eigenvalue weighted by atomic mass is 16.4. The van der Waals surface area contributed by atoms with Gasteiger partial charge in [-0.15, -0.1) is 0 Å². The van der Waals surface area contributed by atoms with Crippen LogP contribution in [0, 0.1) is 11.8 Å². The van der Waals surface area contributed by atoms with E-state index in [9.17, 15) is 19.5 Å². The zero-order valence-electron chi connectivity index (χ0n) is 15.6. The Kier molecular flexibility index (Phi) is 6.03. The third-order valence-corrected chi connectivity index (χ3v) is 5.01. The number of aromatic nitrogens is 1. The van der Waals surface area contributed by atoms with Gasteiger partial charge in [-0.3, -0.25) is 19.4 Å². The van der Waals surface area contributed by atoms with Crippen molar-refractivity contribution < 1.29 is 19.5 Å². The number of carbonyl (C=O) groups excluding carboxylic acids is 2. The summed E-state index contributed by atoms with van der Waals surface area (Å²) in [4.78, 5) is 42.5. The van der Waals surface area contributed by atoms with Crippen LogP contribution in [-0.2, 0) is 20.9 Å². The first kappa shape index (κ1) is 19.5. The van der Waals surface area contributed by atoms with Crippen molar-refractivity contribution in [1.29, 1.82) is 0 Å². The van der Waals surface area contributed by atoms with Crippen LogP contribution < -0.4 is 5.32 Å². The molecule has 0 saturated carbocycles. The SMILES string of the molecule is C[C@H](C(=O)O)[C@@H](NC(=O)[C@H]1CC(=O)N(Cc2ccccn2)C1)c1ccccc1. The molecule has 7 heteroatoms. The van der Waals surface area contributed by atoms with E-state index >= 15 is 0 Å². The van der Waals surface area contributed by atoms with Crippen molar-refractivity contribution in [2.45, 2.75) is 25.9 Å². The Hall–Kier alpha value is -3.22. The number of benzene rings is 1. The Bertz CT molecular complexity index is 841. The number of carbonyl (C=O) groups is 3. The van der Waals surface area contributed by atoms with Crippen molar-refractivity contribution in [3.63, 3.8) is 0 Å². The van der Waals surface area contributed by atoms with Gasteiger partial charge in [-0.05, 0) is 24.6 Å². The summed E-state index contributed by atoms with van der Waals surface area (Å²) >= 11 is 0. The van der Waals surface area contributed by atoms with Gasteiger partial charge in [0.2, 0.25) is 11.8 Å². The highest BCUT2D eigenvalue weighted by Gasteiger charge is 2.36. The fourth-order valence-corrected chi connectivity index (χ4v) is 3.36. The molecule has 0 spiro atoms. The van der Waals surface area contributed by atoms with Crippen molar-refractivity contribution in [2.24, 2.45) is 11.8 Å². The normalized spacial score (nSPS) is 18.5. The van der Waals surface area contributed by atoms with E-state index < -0.39 is 23.8 Å². The van der Waals surface area contributed by atoms with E-state index in [0.717, 1.165) is 11.3 Å². The van der Waals surface area contributed by atoms with Crippen LogP contribution in [0.1, 0.15) is 30.6 Å². The molecule has 146 valence electrons. The molecule has 0 aliphatic carbocycles. The number of pyridine rings is 1. The number of carboxylic acids is 1. The number of amides is 2.